The van der Waals surface area contributed by atoms with Crippen LogP contribution in [-0.4, -0.2) is 9.97 Å². The summed E-state index contributed by atoms with van der Waals surface area (Å²) in [6, 6.07) is 1.87. The van der Waals surface area contributed by atoms with Gasteiger partial charge in [0.15, 0.2) is 0 Å². The fourth-order valence-corrected chi connectivity index (χ4v) is 1.98. The van der Waals surface area contributed by atoms with E-state index >= 15 is 0 Å². The third-order valence-corrected chi connectivity index (χ3v) is 2.92. The number of hydrogen-bond acceptors (Lipinski definition) is 3. The summed E-state index contributed by atoms with van der Waals surface area (Å²) in [5.74, 6) is 0.726. The van der Waals surface area contributed by atoms with E-state index in [1.807, 2.05) is 40.7 Å². The van der Waals surface area contributed by atoms with Gasteiger partial charge in [-0.05, 0) is 50.4 Å². The molecule has 2 rings (SSSR count). The van der Waals surface area contributed by atoms with Crippen LogP contribution in [0, 0.1) is 6.92 Å². The molecular formula is C20H32ClN3. The van der Waals surface area contributed by atoms with Crippen LogP contribution >= 0.6 is 11.6 Å². The smallest absolute Gasteiger partial charge is 0.224 e. The molecule has 1 aromatic heterocycles. The number of rotatable bonds is 2. The minimum atomic E-state index is 0.267. The van der Waals surface area contributed by atoms with Gasteiger partial charge < -0.3 is 5.32 Å². The summed E-state index contributed by atoms with van der Waals surface area (Å²) in [6.45, 7) is 20.1. The summed E-state index contributed by atoms with van der Waals surface area (Å²) in [4.78, 5) is 8.17. The Balaban J connectivity index is 0. The predicted molar refractivity (Wildman–Crippen MR) is 110 cm³/mol. The molecule has 0 bridgehead atoms. The Morgan fingerprint density at radius 2 is 1.67 bits per heavy atom. The number of hydrogen-bond donors (Lipinski definition) is 1. The van der Waals surface area contributed by atoms with Gasteiger partial charge in [0.2, 0.25) is 5.28 Å². The monoisotopic (exact) mass is 349 g/mol. The average Bonchev–Trinajstić information content (AvgIpc) is 2.60. The van der Waals surface area contributed by atoms with Gasteiger partial charge in [-0.25, -0.2) is 9.97 Å². The number of aromatic nitrogens is 2. The first kappa shape index (κ1) is 24.4. The Hall–Kier alpha value is -1.87. The summed E-state index contributed by atoms with van der Waals surface area (Å²) < 4.78 is 0. The highest BCUT2D eigenvalue weighted by atomic mass is 35.5. The molecule has 1 N–H and O–H groups in total. The van der Waals surface area contributed by atoms with Gasteiger partial charge in [-0.15, -0.1) is 13.2 Å². The van der Waals surface area contributed by atoms with Crippen molar-refractivity contribution >= 4 is 17.4 Å². The number of allylic oxidation sites excluding steroid dienone is 5. The van der Waals surface area contributed by atoms with Crippen molar-refractivity contribution in [3.8, 4) is 0 Å². The van der Waals surface area contributed by atoms with Gasteiger partial charge in [-0.2, -0.15) is 0 Å². The zero-order valence-corrected chi connectivity index (χ0v) is 17.0. The van der Waals surface area contributed by atoms with E-state index < -0.39 is 0 Å². The second kappa shape index (κ2) is 14.7. The highest BCUT2D eigenvalue weighted by Crippen LogP contribution is 2.20. The maximum Gasteiger partial charge on any atom is 0.224 e. The van der Waals surface area contributed by atoms with Crippen LogP contribution < -0.4 is 5.32 Å². The highest BCUT2D eigenvalue weighted by Gasteiger charge is 2.05. The number of anilines is 1. The fraction of sp³-hybridized carbons (Fsp3) is 0.400. The first-order chi connectivity index (χ1) is 11.5. The number of halogens is 1. The third-order valence-electron chi connectivity index (χ3n) is 2.75. The zero-order chi connectivity index (χ0) is 19.1. The van der Waals surface area contributed by atoms with E-state index in [4.69, 9.17) is 11.6 Å². The second-order valence-corrected chi connectivity index (χ2v) is 4.85. The van der Waals surface area contributed by atoms with Crippen LogP contribution in [0.5, 0.6) is 0 Å². The first-order valence-corrected chi connectivity index (χ1v) is 8.75. The van der Waals surface area contributed by atoms with Crippen LogP contribution in [0.1, 0.15) is 53.7 Å². The predicted octanol–water partition coefficient (Wildman–Crippen LogP) is 6.89. The van der Waals surface area contributed by atoms with Crippen molar-refractivity contribution in [3.05, 3.63) is 65.3 Å². The van der Waals surface area contributed by atoms with Gasteiger partial charge in [0.05, 0.1) is 0 Å². The van der Waals surface area contributed by atoms with Crippen LogP contribution in [0.4, 0.5) is 5.82 Å². The summed E-state index contributed by atoms with van der Waals surface area (Å²) in [6.07, 6.45) is 7.27. The number of nitrogens with one attached hydrogen (secondary N) is 1. The van der Waals surface area contributed by atoms with Gasteiger partial charge in [0.1, 0.15) is 5.82 Å². The van der Waals surface area contributed by atoms with Crippen molar-refractivity contribution in [1.29, 1.82) is 0 Å². The molecule has 0 saturated carbocycles. The molecule has 1 aliphatic rings. The van der Waals surface area contributed by atoms with Crippen molar-refractivity contribution in [2.24, 2.45) is 0 Å². The SMILES string of the molecule is C=C.CC.CC.CC(C)=C1C=CC(Nc2cc(C)nc(Cl)n2)=CC1. The van der Waals surface area contributed by atoms with Crippen LogP contribution in [-0.2, 0) is 0 Å². The van der Waals surface area contributed by atoms with Gasteiger partial charge in [0, 0.05) is 17.5 Å². The molecule has 0 fully saturated rings. The van der Waals surface area contributed by atoms with E-state index in [-0.39, 0.29) is 5.28 Å². The zero-order valence-electron chi connectivity index (χ0n) is 16.2. The molecule has 4 heteroatoms. The average molecular weight is 350 g/mol. The molecule has 1 heterocycles. The summed E-state index contributed by atoms with van der Waals surface area (Å²) in [5, 5.41) is 3.50. The molecule has 134 valence electrons. The first-order valence-electron chi connectivity index (χ1n) is 8.37. The molecule has 1 aromatic rings. The molecule has 24 heavy (non-hydrogen) atoms. The lowest BCUT2D eigenvalue weighted by Gasteiger charge is -2.13. The molecule has 0 aromatic carbocycles. The molecule has 0 atom stereocenters. The van der Waals surface area contributed by atoms with Crippen molar-refractivity contribution in [2.75, 3.05) is 5.32 Å². The van der Waals surface area contributed by atoms with E-state index in [1.165, 1.54) is 11.1 Å². The maximum absolute atomic E-state index is 5.83. The Morgan fingerprint density at radius 1 is 1.08 bits per heavy atom. The molecular weight excluding hydrogens is 318 g/mol. The van der Waals surface area contributed by atoms with Gasteiger partial charge in [-0.1, -0.05) is 45.4 Å². The quantitative estimate of drug-likeness (QED) is 0.466. The molecule has 0 saturated heterocycles. The van der Waals surface area contributed by atoms with Crippen LogP contribution in [0.15, 0.2) is 54.3 Å². The molecule has 0 unspecified atom stereocenters. The molecule has 3 nitrogen and oxygen atoms in total. The molecule has 0 radical (unpaired) electrons. The Kier molecular flexibility index (Phi) is 14.9. The minimum Gasteiger partial charge on any atom is -0.340 e. The van der Waals surface area contributed by atoms with Crippen molar-refractivity contribution < 1.29 is 0 Å². The van der Waals surface area contributed by atoms with Gasteiger partial charge in [0.25, 0.3) is 0 Å². The topological polar surface area (TPSA) is 37.8 Å². The molecule has 0 spiro atoms. The Bertz CT molecular complexity index is 548. The molecule has 0 aliphatic heterocycles. The van der Waals surface area contributed by atoms with Gasteiger partial charge >= 0.3 is 0 Å². The highest BCUT2D eigenvalue weighted by molar-refractivity contribution is 6.28. The standard InChI is InChI=1S/C14H16ClN3.2C2H6.C2H4/c1-9(2)11-4-6-12(7-5-11)17-13-8-10(3)16-14(15)18-13;3*1-2/h4,6-8H,5H2,1-3H3,(H,16,17,18);2*1-2H3;1-2H2. The van der Waals surface area contributed by atoms with E-state index in [0.717, 1.165) is 23.6 Å². The molecule has 0 amide bonds. The fourth-order valence-electron chi connectivity index (χ4n) is 1.75. The minimum absolute atomic E-state index is 0.267. The van der Waals surface area contributed by atoms with Crippen LogP contribution in [0.25, 0.3) is 0 Å². The van der Waals surface area contributed by atoms with Crippen molar-refractivity contribution in [2.45, 2.75) is 54.9 Å². The van der Waals surface area contributed by atoms with Crippen LogP contribution in [0.2, 0.25) is 5.28 Å². The van der Waals surface area contributed by atoms with E-state index in [2.05, 4.69) is 60.5 Å². The lowest BCUT2D eigenvalue weighted by atomic mass is 10.0. The van der Waals surface area contributed by atoms with Crippen LogP contribution in [0.3, 0.4) is 0 Å². The van der Waals surface area contributed by atoms with E-state index in [1.54, 1.807) is 0 Å². The normalized spacial score (nSPS) is 11.5. The van der Waals surface area contributed by atoms with E-state index in [0.29, 0.717) is 0 Å². The third kappa shape index (κ3) is 9.31. The summed E-state index contributed by atoms with van der Waals surface area (Å²) in [5.41, 5.74) is 4.59. The Morgan fingerprint density at radius 3 is 2.08 bits per heavy atom. The lowest BCUT2D eigenvalue weighted by molar-refractivity contribution is 1.09. The Labute approximate surface area is 153 Å². The summed E-state index contributed by atoms with van der Waals surface area (Å²) in [7, 11) is 0. The van der Waals surface area contributed by atoms with E-state index in [9.17, 15) is 0 Å². The van der Waals surface area contributed by atoms with Crippen molar-refractivity contribution in [1.82, 2.24) is 9.97 Å². The van der Waals surface area contributed by atoms with Crippen molar-refractivity contribution in [3.63, 3.8) is 0 Å². The number of aryl methyl sites for hydroxylation is 1. The summed E-state index contributed by atoms with van der Waals surface area (Å²) >= 11 is 5.83. The largest absolute Gasteiger partial charge is 0.340 e. The lowest BCUT2D eigenvalue weighted by Crippen LogP contribution is -2.03. The van der Waals surface area contributed by atoms with Gasteiger partial charge in [-0.3, -0.25) is 0 Å². The molecule has 1 aliphatic carbocycles. The maximum atomic E-state index is 5.83. The second-order valence-electron chi connectivity index (χ2n) is 4.51. The number of nitrogens with zero attached hydrogens (tertiary/aromatic N) is 2.